The summed E-state index contributed by atoms with van der Waals surface area (Å²) in [7, 11) is 0. The molecule has 0 radical (unpaired) electrons. The number of carbonyl (C=O) groups excluding carboxylic acids is 5. The molecule has 3 aromatic carbocycles. The zero-order valence-corrected chi connectivity index (χ0v) is 25.8. The second kappa shape index (κ2) is 11.0. The number of aromatic hydroxyl groups is 1. The van der Waals surface area contributed by atoms with Crippen LogP contribution in [0.4, 0.5) is 0 Å². The van der Waals surface area contributed by atoms with E-state index in [0.29, 0.717) is 18.2 Å². The summed E-state index contributed by atoms with van der Waals surface area (Å²) >= 11 is 0. The van der Waals surface area contributed by atoms with E-state index in [2.05, 4.69) is 19.2 Å². The third-order valence-electron chi connectivity index (χ3n) is 10.2. The molecule has 0 spiro atoms. The molecule has 6 atom stereocenters. The van der Waals surface area contributed by atoms with E-state index in [9.17, 15) is 34.2 Å². The van der Waals surface area contributed by atoms with Crippen molar-refractivity contribution < 1.29 is 34.2 Å². The van der Waals surface area contributed by atoms with Crippen LogP contribution in [-0.2, 0) is 32.1 Å². The quantitative estimate of drug-likeness (QED) is 0.308. The van der Waals surface area contributed by atoms with Crippen molar-refractivity contribution in [1.29, 1.82) is 0 Å². The highest BCUT2D eigenvalue weighted by Gasteiger charge is 2.69. The summed E-state index contributed by atoms with van der Waals surface area (Å²) in [6, 6.07) is 15.5. The lowest BCUT2D eigenvalue weighted by molar-refractivity contribution is -0.182. The summed E-state index contributed by atoms with van der Waals surface area (Å²) in [6.45, 7) is 8.30. The average molecular weight is 611 g/mol. The number of primary amides is 1. The van der Waals surface area contributed by atoms with Gasteiger partial charge in [-0.15, -0.1) is 0 Å². The summed E-state index contributed by atoms with van der Waals surface area (Å²) in [4.78, 5) is 67.5. The number of carbonyl (C=O) groups is 5. The fourth-order valence-electron chi connectivity index (χ4n) is 8.17. The van der Waals surface area contributed by atoms with Crippen LogP contribution >= 0.6 is 0 Å². The standard InChI is InChI=1S/C36H38N2O7/c1-16(2)27-25-14-19-13-24-23(22-10-9-18(15-38-17(3)4)20-7-5-6-8-21(20)22)11-12-26(39)29(24)32(41)28(19)33(42)36(25,45)34(43)30(31(27)40)35(37)44/h5-12,16-17,19,25,27-28,30,38-39,45H,13-15H2,1-4H3,(H2,37,44)/t19-,25-,27-,28?,30?,36-/m0/s1. The molecule has 5 N–H and O–H groups in total. The van der Waals surface area contributed by atoms with Crippen molar-refractivity contribution in [3.63, 3.8) is 0 Å². The fraction of sp³-hybridized carbons (Fsp3) is 0.417. The molecule has 0 aliphatic heterocycles. The maximum atomic E-state index is 14.2. The number of amides is 1. The van der Waals surface area contributed by atoms with Gasteiger partial charge in [0.05, 0.1) is 11.5 Å². The molecule has 0 saturated heterocycles. The van der Waals surface area contributed by atoms with E-state index in [1.165, 1.54) is 6.07 Å². The lowest BCUT2D eigenvalue weighted by Crippen LogP contribution is -2.71. The normalized spacial score (nSPS) is 27.9. The topological polar surface area (TPSA) is 164 Å². The molecular formula is C36H38N2O7. The van der Waals surface area contributed by atoms with E-state index >= 15 is 0 Å². The Morgan fingerprint density at radius 3 is 2.27 bits per heavy atom. The molecule has 3 aliphatic carbocycles. The van der Waals surface area contributed by atoms with Crippen LogP contribution in [0.1, 0.15) is 55.6 Å². The monoisotopic (exact) mass is 610 g/mol. The van der Waals surface area contributed by atoms with E-state index in [1.807, 2.05) is 36.4 Å². The first kappa shape index (κ1) is 30.8. The molecule has 9 heteroatoms. The van der Waals surface area contributed by atoms with Gasteiger partial charge in [0.25, 0.3) is 0 Å². The van der Waals surface area contributed by atoms with Gasteiger partial charge in [0.15, 0.2) is 34.7 Å². The van der Waals surface area contributed by atoms with E-state index < -0.39 is 70.1 Å². The third-order valence-corrected chi connectivity index (χ3v) is 10.2. The summed E-state index contributed by atoms with van der Waals surface area (Å²) < 4.78 is 0. The van der Waals surface area contributed by atoms with Gasteiger partial charge in [-0.25, -0.2) is 0 Å². The second-order valence-electron chi connectivity index (χ2n) is 13.5. The molecule has 9 nitrogen and oxygen atoms in total. The van der Waals surface area contributed by atoms with Gasteiger partial charge in [-0.3, -0.25) is 24.0 Å². The van der Waals surface area contributed by atoms with Gasteiger partial charge < -0.3 is 21.3 Å². The van der Waals surface area contributed by atoms with E-state index in [-0.39, 0.29) is 24.2 Å². The van der Waals surface area contributed by atoms with Crippen LogP contribution < -0.4 is 11.1 Å². The molecule has 45 heavy (non-hydrogen) atoms. The zero-order valence-electron chi connectivity index (χ0n) is 25.8. The van der Waals surface area contributed by atoms with Crippen molar-refractivity contribution in [3.8, 4) is 16.9 Å². The van der Waals surface area contributed by atoms with E-state index in [4.69, 9.17) is 5.73 Å². The summed E-state index contributed by atoms with van der Waals surface area (Å²) in [5.41, 5.74) is 6.02. The Labute approximate surface area is 261 Å². The Hall–Kier alpha value is -4.21. The summed E-state index contributed by atoms with van der Waals surface area (Å²) in [6.07, 6.45) is 0.255. The first-order valence-corrected chi connectivity index (χ1v) is 15.6. The smallest absolute Gasteiger partial charge is 0.235 e. The molecule has 1 amide bonds. The molecule has 6 rings (SSSR count). The van der Waals surface area contributed by atoms with Gasteiger partial charge in [0.1, 0.15) is 5.75 Å². The molecule has 0 bridgehead atoms. The minimum absolute atomic E-state index is 0.00928. The number of rotatable bonds is 6. The van der Waals surface area contributed by atoms with Gasteiger partial charge in [0.2, 0.25) is 5.91 Å². The maximum absolute atomic E-state index is 14.2. The van der Waals surface area contributed by atoms with Gasteiger partial charge in [-0.05, 0) is 63.8 Å². The predicted octanol–water partition coefficient (Wildman–Crippen LogP) is 3.53. The maximum Gasteiger partial charge on any atom is 0.235 e. The van der Waals surface area contributed by atoms with Crippen molar-refractivity contribution in [2.24, 2.45) is 41.2 Å². The van der Waals surface area contributed by atoms with Crippen LogP contribution in [-0.4, -0.2) is 50.9 Å². The van der Waals surface area contributed by atoms with Crippen molar-refractivity contribution >= 4 is 39.8 Å². The Bertz CT molecular complexity index is 1790. The Balaban J connectivity index is 1.49. The lowest BCUT2D eigenvalue weighted by Gasteiger charge is -2.52. The third kappa shape index (κ3) is 4.55. The van der Waals surface area contributed by atoms with Crippen molar-refractivity contribution in [3.05, 3.63) is 65.2 Å². The number of fused-ring (bicyclic) bond motifs is 4. The van der Waals surface area contributed by atoms with Crippen molar-refractivity contribution in [2.45, 2.75) is 58.7 Å². The number of Topliss-reactive ketones (excluding diaryl/α,β-unsaturated/α-hetero) is 4. The average Bonchev–Trinajstić information content (AvgIpc) is 2.97. The van der Waals surface area contributed by atoms with Crippen LogP contribution in [0.2, 0.25) is 0 Å². The number of ketones is 4. The second-order valence-corrected chi connectivity index (χ2v) is 13.5. The molecule has 2 saturated carbocycles. The number of aliphatic hydroxyl groups is 1. The molecule has 2 unspecified atom stereocenters. The van der Waals surface area contributed by atoms with Crippen LogP contribution in [0.25, 0.3) is 21.9 Å². The molecule has 0 aromatic heterocycles. The predicted molar refractivity (Wildman–Crippen MR) is 167 cm³/mol. The minimum Gasteiger partial charge on any atom is -0.507 e. The summed E-state index contributed by atoms with van der Waals surface area (Å²) in [5.74, 6) is -11.7. The van der Waals surface area contributed by atoms with Crippen LogP contribution in [0.3, 0.4) is 0 Å². The first-order valence-electron chi connectivity index (χ1n) is 15.6. The van der Waals surface area contributed by atoms with Gasteiger partial charge in [-0.1, -0.05) is 70.2 Å². The van der Waals surface area contributed by atoms with Crippen LogP contribution in [0.15, 0.2) is 48.5 Å². The SMILES string of the molecule is CC(C)NCc1ccc(-c2ccc(O)c3c2C[C@H]2C[C@H]4[C@H](C(C)C)C(=O)C(C(N)=O)C(=O)[C@@]4(O)C(=O)C2C3=O)c2ccccc12. The molecule has 0 heterocycles. The van der Waals surface area contributed by atoms with E-state index in [0.717, 1.165) is 27.5 Å². The molecule has 2 fully saturated rings. The van der Waals surface area contributed by atoms with Crippen molar-refractivity contribution in [2.75, 3.05) is 0 Å². The zero-order chi connectivity index (χ0) is 32.5. The number of nitrogens with two attached hydrogens (primary N) is 1. The number of hydrogen-bond acceptors (Lipinski definition) is 8. The largest absolute Gasteiger partial charge is 0.507 e. The summed E-state index contributed by atoms with van der Waals surface area (Å²) in [5, 5.41) is 28.3. The number of phenols is 1. The van der Waals surface area contributed by atoms with Gasteiger partial charge in [-0.2, -0.15) is 0 Å². The van der Waals surface area contributed by atoms with Gasteiger partial charge >= 0.3 is 0 Å². The molecule has 3 aromatic rings. The Kier molecular flexibility index (Phi) is 7.53. The van der Waals surface area contributed by atoms with Gasteiger partial charge in [0, 0.05) is 24.4 Å². The molecule has 3 aliphatic rings. The number of hydrogen-bond donors (Lipinski definition) is 4. The number of nitrogens with one attached hydrogen (secondary N) is 1. The molecule has 234 valence electrons. The fourth-order valence-corrected chi connectivity index (χ4v) is 8.17. The minimum atomic E-state index is -2.71. The van der Waals surface area contributed by atoms with E-state index in [1.54, 1.807) is 19.9 Å². The first-order chi connectivity index (χ1) is 21.3. The highest BCUT2D eigenvalue weighted by molar-refractivity contribution is 6.32. The Morgan fingerprint density at radius 1 is 0.956 bits per heavy atom. The van der Waals surface area contributed by atoms with Crippen LogP contribution in [0.5, 0.6) is 5.75 Å². The Morgan fingerprint density at radius 2 is 1.62 bits per heavy atom. The molecular weight excluding hydrogens is 572 g/mol. The van der Waals surface area contributed by atoms with Crippen LogP contribution in [0, 0.1) is 35.5 Å². The number of phenolic OH excluding ortho intramolecular Hbond substituents is 1. The number of benzene rings is 3. The highest BCUT2D eigenvalue weighted by Crippen LogP contribution is 2.54. The van der Waals surface area contributed by atoms with Crippen molar-refractivity contribution in [1.82, 2.24) is 5.32 Å². The lowest BCUT2D eigenvalue weighted by atomic mass is 9.49. The highest BCUT2D eigenvalue weighted by atomic mass is 16.3.